The topological polar surface area (TPSA) is 21.3 Å². The smallest absolute Gasteiger partial charge is 0.143 e. The summed E-state index contributed by atoms with van der Waals surface area (Å²) in [5.74, 6) is 0. The molecule has 0 fully saturated rings. The van der Waals surface area contributed by atoms with Crippen LogP contribution in [0, 0.1) is 0 Å². The Balaban J connectivity index is 0.916. The Labute approximate surface area is 401 Å². The largest absolute Gasteiger partial charge is 0.455 e. The minimum absolute atomic E-state index is 0.892. The normalized spacial score (nSPS) is 11.5. The summed E-state index contributed by atoms with van der Waals surface area (Å²) < 4.78 is 8.97. The third-order valence-corrected chi connectivity index (χ3v) is 13.6. The molecule has 324 valence electrons. The van der Waals surface area contributed by atoms with Crippen molar-refractivity contribution in [3.05, 3.63) is 267 Å². The van der Waals surface area contributed by atoms with Crippen LogP contribution in [-0.4, -0.2) is 4.57 Å². The van der Waals surface area contributed by atoms with E-state index in [2.05, 4.69) is 264 Å². The van der Waals surface area contributed by atoms with Gasteiger partial charge in [0.05, 0.1) is 16.7 Å². The molecule has 0 aliphatic rings. The summed E-state index contributed by atoms with van der Waals surface area (Å²) in [6, 6.07) is 96.0. The first-order valence-corrected chi connectivity index (χ1v) is 23.6. The van der Waals surface area contributed by atoms with Crippen molar-refractivity contribution in [1.82, 2.24) is 4.57 Å². The highest BCUT2D eigenvalue weighted by Crippen LogP contribution is 2.43. The van der Waals surface area contributed by atoms with E-state index in [4.69, 9.17) is 4.42 Å². The molecule has 0 atom stereocenters. The molecule has 0 bridgehead atoms. The molecular weight excluding hydrogens is 837 g/mol. The average Bonchev–Trinajstić information content (AvgIpc) is 3.98. The number of hydrogen-bond acceptors (Lipinski definition) is 2. The minimum atomic E-state index is 0.892. The molecule has 0 N–H and O–H groups in total. The number of hydrogen-bond donors (Lipinski definition) is 0. The number of fused-ring (bicyclic) bond motifs is 6. The number of benzene rings is 11. The summed E-state index contributed by atoms with van der Waals surface area (Å²) in [6.45, 7) is 0. The quantitative estimate of drug-likeness (QED) is 0.144. The van der Waals surface area contributed by atoms with Crippen molar-refractivity contribution in [2.75, 3.05) is 4.90 Å². The maximum absolute atomic E-state index is 6.56. The zero-order valence-electron chi connectivity index (χ0n) is 37.7. The predicted octanol–water partition coefficient (Wildman–Crippen LogP) is 18.5. The van der Waals surface area contributed by atoms with E-state index in [1.165, 1.54) is 49.6 Å². The Kier molecular flexibility index (Phi) is 9.84. The summed E-state index contributed by atoms with van der Waals surface area (Å²) >= 11 is 0. The van der Waals surface area contributed by atoms with Gasteiger partial charge in [0, 0.05) is 49.7 Å². The van der Waals surface area contributed by atoms with Gasteiger partial charge in [-0.05, 0) is 111 Å². The number of furan rings is 1. The van der Waals surface area contributed by atoms with Gasteiger partial charge in [0.2, 0.25) is 0 Å². The molecule has 11 aromatic carbocycles. The lowest BCUT2D eigenvalue weighted by Crippen LogP contribution is -2.10. The van der Waals surface area contributed by atoms with E-state index in [1.54, 1.807) is 0 Å². The number of aromatic nitrogens is 1. The molecule has 13 rings (SSSR count). The van der Waals surface area contributed by atoms with Crippen LogP contribution in [0.3, 0.4) is 0 Å². The Bertz CT molecular complexity index is 3970. The first-order chi connectivity index (χ1) is 34.2. The molecule has 0 amide bonds. The van der Waals surface area contributed by atoms with Crippen LogP contribution < -0.4 is 4.90 Å². The van der Waals surface area contributed by atoms with E-state index in [9.17, 15) is 0 Å². The molecule has 0 saturated heterocycles. The molecular formula is C66H44N2O. The standard InChI is InChI=1S/C66H44N2O/c1-2-18-46(19-3-1)54-26-4-5-27-55(54)49-22-15-24-52(43-49)67(53-25-16-23-50(44-53)57-32-17-33-61-60-31-9-13-37-65(60)69-66(57)61)51-40-38-45(39-41-51)47-20-14-21-48(42-47)56-28-6-10-34-62(56)68-63-35-11-7-29-58(63)59-30-8-12-36-64(59)68/h1-44H. The van der Waals surface area contributed by atoms with Crippen molar-refractivity contribution >= 4 is 60.8 Å². The molecule has 0 spiro atoms. The van der Waals surface area contributed by atoms with Crippen LogP contribution in [-0.2, 0) is 0 Å². The third-order valence-electron chi connectivity index (χ3n) is 13.6. The van der Waals surface area contributed by atoms with Crippen LogP contribution in [0.25, 0.3) is 105 Å². The number of para-hydroxylation sites is 5. The Morgan fingerprint density at radius 2 is 0.754 bits per heavy atom. The highest BCUT2D eigenvalue weighted by molar-refractivity contribution is 6.11. The second kappa shape index (κ2) is 16.9. The second-order valence-electron chi connectivity index (χ2n) is 17.6. The highest BCUT2D eigenvalue weighted by Gasteiger charge is 2.19. The zero-order chi connectivity index (χ0) is 45.7. The maximum Gasteiger partial charge on any atom is 0.143 e. The molecule has 3 nitrogen and oxygen atoms in total. The summed E-state index contributed by atoms with van der Waals surface area (Å²) in [4.78, 5) is 2.37. The summed E-state index contributed by atoms with van der Waals surface area (Å²) in [7, 11) is 0. The Hall–Kier alpha value is -9.18. The van der Waals surface area contributed by atoms with Crippen LogP contribution >= 0.6 is 0 Å². The van der Waals surface area contributed by atoms with Crippen LogP contribution in [0.4, 0.5) is 17.1 Å². The molecule has 2 aromatic heterocycles. The lowest BCUT2D eigenvalue weighted by molar-refractivity contribution is 0.670. The molecule has 0 aliphatic carbocycles. The number of nitrogens with zero attached hydrogens (tertiary/aromatic N) is 2. The fraction of sp³-hybridized carbons (Fsp3) is 0. The molecule has 0 saturated carbocycles. The van der Waals surface area contributed by atoms with Gasteiger partial charge in [0.25, 0.3) is 0 Å². The van der Waals surface area contributed by atoms with E-state index in [0.717, 1.165) is 72.5 Å². The van der Waals surface area contributed by atoms with E-state index in [1.807, 2.05) is 12.1 Å². The van der Waals surface area contributed by atoms with Crippen LogP contribution in [0.15, 0.2) is 271 Å². The van der Waals surface area contributed by atoms with Gasteiger partial charge < -0.3 is 13.9 Å². The monoisotopic (exact) mass is 880 g/mol. The lowest BCUT2D eigenvalue weighted by Gasteiger charge is -2.27. The van der Waals surface area contributed by atoms with Gasteiger partial charge in [0.15, 0.2) is 0 Å². The number of rotatable bonds is 9. The minimum Gasteiger partial charge on any atom is -0.455 e. The molecule has 2 heterocycles. The second-order valence-corrected chi connectivity index (χ2v) is 17.6. The van der Waals surface area contributed by atoms with Crippen LogP contribution in [0.2, 0.25) is 0 Å². The van der Waals surface area contributed by atoms with Crippen LogP contribution in [0.5, 0.6) is 0 Å². The van der Waals surface area contributed by atoms with Gasteiger partial charge in [-0.1, -0.05) is 200 Å². The van der Waals surface area contributed by atoms with Gasteiger partial charge in [0.1, 0.15) is 11.2 Å². The fourth-order valence-corrected chi connectivity index (χ4v) is 10.4. The molecule has 0 aliphatic heterocycles. The van der Waals surface area contributed by atoms with Crippen molar-refractivity contribution in [3.63, 3.8) is 0 Å². The highest BCUT2D eigenvalue weighted by atomic mass is 16.3. The summed E-state index contributed by atoms with van der Waals surface area (Å²) in [5, 5.41) is 4.75. The van der Waals surface area contributed by atoms with Gasteiger partial charge in [-0.2, -0.15) is 0 Å². The fourth-order valence-electron chi connectivity index (χ4n) is 10.4. The van der Waals surface area contributed by atoms with E-state index >= 15 is 0 Å². The zero-order valence-corrected chi connectivity index (χ0v) is 37.7. The lowest BCUT2D eigenvalue weighted by atomic mass is 9.94. The van der Waals surface area contributed by atoms with Gasteiger partial charge in [-0.15, -0.1) is 0 Å². The Morgan fingerprint density at radius 3 is 1.46 bits per heavy atom. The number of anilines is 3. The third kappa shape index (κ3) is 7.08. The average molecular weight is 881 g/mol. The van der Waals surface area contributed by atoms with E-state index in [-0.39, 0.29) is 0 Å². The van der Waals surface area contributed by atoms with Gasteiger partial charge in [-0.25, -0.2) is 0 Å². The maximum atomic E-state index is 6.56. The van der Waals surface area contributed by atoms with Crippen molar-refractivity contribution in [3.8, 4) is 61.3 Å². The van der Waals surface area contributed by atoms with Crippen molar-refractivity contribution in [2.24, 2.45) is 0 Å². The molecule has 3 heteroatoms. The molecule has 69 heavy (non-hydrogen) atoms. The summed E-state index contributed by atoms with van der Waals surface area (Å²) in [6.07, 6.45) is 0. The Morgan fingerprint density at radius 1 is 0.275 bits per heavy atom. The van der Waals surface area contributed by atoms with Gasteiger partial charge >= 0.3 is 0 Å². The van der Waals surface area contributed by atoms with Crippen molar-refractivity contribution in [2.45, 2.75) is 0 Å². The van der Waals surface area contributed by atoms with Crippen molar-refractivity contribution < 1.29 is 4.42 Å². The molecule has 0 radical (unpaired) electrons. The van der Waals surface area contributed by atoms with E-state index < -0.39 is 0 Å². The van der Waals surface area contributed by atoms with Crippen molar-refractivity contribution in [1.29, 1.82) is 0 Å². The van der Waals surface area contributed by atoms with Crippen LogP contribution in [0.1, 0.15) is 0 Å². The molecule has 0 unspecified atom stereocenters. The first kappa shape index (κ1) is 40.1. The summed E-state index contributed by atoms with van der Waals surface area (Å²) in [5.41, 5.74) is 20.0. The van der Waals surface area contributed by atoms with E-state index in [0.29, 0.717) is 0 Å². The molecule has 13 aromatic rings. The first-order valence-electron chi connectivity index (χ1n) is 23.6. The SMILES string of the molecule is c1ccc(-c2ccccc2-c2cccc(N(c3ccc(-c4cccc(-c5ccccc5-n5c6ccccc6c6ccccc65)c4)cc3)c3cccc(-c4cccc5c4oc4ccccc45)c3)c2)cc1. The van der Waals surface area contributed by atoms with Gasteiger partial charge in [-0.3, -0.25) is 0 Å². The predicted molar refractivity (Wildman–Crippen MR) is 290 cm³/mol.